The lowest BCUT2D eigenvalue weighted by atomic mass is 10.1. The number of benzene rings is 1. The second-order valence-corrected chi connectivity index (χ2v) is 7.20. The molecule has 160 valence electrons. The van der Waals surface area contributed by atoms with Crippen molar-refractivity contribution in [3.8, 4) is 11.4 Å². The maximum absolute atomic E-state index is 12.9. The zero-order chi connectivity index (χ0) is 22.7. The van der Waals surface area contributed by atoms with E-state index in [2.05, 4.69) is 15.3 Å². The third-order valence-electron chi connectivity index (χ3n) is 4.91. The van der Waals surface area contributed by atoms with Crippen LogP contribution in [0.2, 0.25) is 0 Å². The number of pyridine rings is 2. The van der Waals surface area contributed by atoms with E-state index in [-0.39, 0.29) is 30.3 Å². The minimum atomic E-state index is -0.700. The summed E-state index contributed by atoms with van der Waals surface area (Å²) in [5.41, 5.74) is 0.743. The van der Waals surface area contributed by atoms with Gasteiger partial charge in [0.2, 0.25) is 5.91 Å². The Labute approximate surface area is 182 Å². The third kappa shape index (κ3) is 4.36. The molecule has 4 rings (SSSR count). The largest absolute Gasteiger partial charge is 0.352 e. The van der Waals surface area contributed by atoms with Crippen LogP contribution in [-0.2, 0) is 17.9 Å². The highest BCUT2D eigenvalue weighted by Gasteiger charge is 2.18. The van der Waals surface area contributed by atoms with Gasteiger partial charge in [0.1, 0.15) is 6.54 Å². The molecule has 1 amide bonds. The van der Waals surface area contributed by atoms with E-state index >= 15 is 0 Å². The first kappa shape index (κ1) is 20.9. The van der Waals surface area contributed by atoms with E-state index < -0.39 is 17.2 Å². The number of amides is 1. The fourth-order valence-corrected chi connectivity index (χ4v) is 3.33. The van der Waals surface area contributed by atoms with E-state index in [0.717, 1.165) is 10.1 Å². The maximum Gasteiger partial charge on any atom is 0.352 e. The van der Waals surface area contributed by atoms with E-state index in [1.165, 1.54) is 11.5 Å². The lowest BCUT2D eigenvalue weighted by Crippen LogP contribution is -2.38. The number of nitrogens with one attached hydrogen (secondary N) is 1. The average molecular weight is 429 g/mol. The molecule has 2 aliphatic rings. The summed E-state index contributed by atoms with van der Waals surface area (Å²) in [5, 5.41) is 2.72. The van der Waals surface area contributed by atoms with Gasteiger partial charge in [-0.05, 0) is 48.9 Å². The van der Waals surface area contributed by atoms with Gasteiger partial charge in [-0.2, -0.15) is 4.98 Å². The van der Waals surface area contributed by atoms with Crippen LogP contribution in [-0.4, -0.2) is 30.8 Å². The Morgan fingerprint density at radius 3 is 2.56 bits per heavy atom. The van der Waals surface area contributed by atoms with Crippen LogP contribution in [0, 0.1) is 0 Å². The Balaban J connectivity index is 1.62. The molecule has 0 fully saturated rings. The van der Waals surface area contributed by atoms with E-state index in [0.29, 0.717) is 11.3 Å². The number of Topliss-reactive ketones (excluding diaryl/α,β-unsaturated/α-hetero) is 1. The second-order valence-electron chi connectivity index (χ2n) is 7.20. The van der Waals surface area contributed by atoms with Crippen LogP contribution in [0.3, 0.4) is 0 Å². The van der Waals surface area contributed by atoms with Crippen molar-refractivity contribution >= 4 is 17.4 Å². The monoisotopic (exact) mass is 429 g/mol. The Morgan fingerprint density at radius 1 is 1.03 bits per heavy atom. The molecule has 0 spiro atoms. The molecule has 0 saturated carbocycles. The molecule has 2 aliphatic heterocycles. The minimum Gasteiger partial charge on any atom is -0.325 e. The van der Waals surface area contributed by atoms with E-state index in [9.17, 15) is 19.2 Å². The molecular formula is C23H19N5O4. The summed E-state index contributed by atoms with van der Waals surface area (Å²) in [6.07, 6.45) is 4.74. The van der Waals surface area contributed by atoms with Crippen molar-refractivity contribution in [2.45, 2.75) is 20.0 Å². The standard InChI is InChI=1S/C23H19N5O4/c1-15(29)17-4-2-5-18(12-17)25-20(30)14-27-11-3-6-19-21(27)26-23(32)28(22(19)31)13-16-7-9-24-10-8-16/h2-12H,13-14H2,1H3,(H,25,30). The lowest BCUT2D eigenvalue weighted by Gasteiger charge is -2.15. The molecule has 0 radical (unpaired) electrons. The van der Waals surface area contributed by atoms with Crippen LogP contribution in [0.15, 0.2) is 76.7 Å². The normalized spacial score (nSPS) is 10.8. The van der Waals surface area contributed by atoms with Gasteiger partial charge in [-0.3, -0.25) is 23.9 Å². The number of aromatic nitrogens is 4. The summed E-state index contributed by atoms with van der Waals surface area (Å²) in [6, 6.07) is 13.2. The van der Waals surface area contributed by atoms with Gasteiger partial charge in [-0.25, -0.2) is 4.79 Å². The highest BCUT2D eigenvalue weighted by molar-refractivity contribution is 5.97. The molecule has 2 aromatic rings. The molecule has 1 aromatic carbocycles. The zero-order valence-corrected chi connectivity index (χ0v) is 17.2. The molecule has 1 aromatic heterocycles. The highest BCUT2D eigenvalue weighted by atomic mass is 16.2. The summed E-state index contributed by atoms with van der Waals surface area (Å²) < 4.78 is 2.49. The van der Waals surface area contributed by atoms with Crippen molar-refractivity contribution in [1.82, 2.24) is 19.1 Å². The smallest absolute Gasteiger partial charge is 0.325 e. The van der Waals surface area contributed by atoms with Gasteiger partial charge in [0.15, 0.2) is 11.6 Å². The van der Waals surface area contributed by atoms with Crippen LogP contribution in [0.4, 0.5) is 5.69 Å². The van der Waals surface area contributed by atoms with Crippen molar-refractivity contribution in [3.63, 3.8) is 0 Å². The molecule has 1 N–H and O–H groups in total. The summed E-state index contributed by atoms with van der Waals surface area (Å²) in [6.45, 7) is 1.35. The van der Waals surface area contributed by atoms with Crippen LogP contribution >= 0.6 is 0 Å². The average Bonchev–Trinajstić information content (AvgIpc) is 2.78. The number of fused-ring (bicyclic) bond motifs is 1. The van der Waals surface area contributed by atoms with Crippen LogP contribution in [0.5, 0.6) is 0 Å². The maximum atomic E-state index is 12.9. The molecule has 9 heteroatoms. The van der Waals surface area contributed by atoms with Crippen molar-refractivity contribution in [1.29, 1.82) is 0 Å². The second kappa shape index (κ2) is 8.76. The number of nitrogens with zero attached hydrogens (tertiary/aromatic N) is 4. The zero-order valence-electron chi connectivity index (χ0n) is 17.2. The van der Waals surface area contributed by atoms with Crippen LogP contribution < -0.4 is 16.6 Å². The fourth-order valence-electron chi connectivity index (χ4n) is 3.33. The summed E-state index contributed by atoms with van der Waals surface area (Å²) in [7, 11) is 0. The molecule has 32 heavy (non-hydrogen) atoms. The Hall–Kier alpha value is -4.40. The van der Waals surface area contributed by atoms with E-state index in [4.69, 9.17) is 0 Å². The number of hydrogen-bond donors (Lipinski definition) is 1. The first-order valence-corrected chi connectivity index (χ1v) is 9.82. The first-order valence-electron chi connectivity index (χ1n) is 9.82. The number of rotatable bonds is 6. The van der Waals surface area contributed by atoms with E-state index in [1.807, 2.05) is 0 Å². The summed E-state index contributed by atoms with van der Waals surface area (Å²) >= 11 is 0. The third-order valence-corrected chi connectivity index (χ3v) is 4.91. The quantitative estimate of drug-likeness (QED) is 0.467. The van der Waals surface area contributed by atoms with Crippen molar-refractivity contribution in [3.05, 3.63) is 99.1 Å². The Bertz CT molecular complexity index is 1390. The Kier molecular flexibility index (Phi) is 5.71. The van der Waals surface area contributed by atoms with Gasteiger partial charge in [-0.1, -0.05) is 12.1 Å². The van der Waals surface area contributed by atoms with Crippen molar-refractivity contribution in [2.75, 3.05) is 5.32 Å². The van der Waals surface area contributed by atoms with Crippen LogP contribution in [0.25, 0.3) is 11.4 Å². The van der Waals surface area contributed by atoms with Gasteiger partial charge in [0.05, 0.1) is 12.1 Å². The predicted octanol–water partition coefficient (Wildman–Crippen LogP) is 1.79. The van der Waals surface area contributed by atoms with Gasteiger partial charge >= 0.3 is 5.69 Å². The molecule has 3 heterocycles. The van der Waals surface area contributed by atoms with Gasteiger partial charge < -0.3 is 9.88 Å². The molecule has 0 unspecified atom stereocenters. The lowest BCUT2D eigenvalue weighted by molar-refractivity contribution is -0.116. The summed E-state index contributed by atoms with van der Waals surface area (Å²) in [4.78, 5) is 57.6. The molecule has 0 saturated heterocycles. The number of anilines is 1. The number of carbonyl (C=O) groups is 2. The van der Waals surface area contributed by atoms with E-state index in [1.54, 1.807) is 67.1 Å². The number of ketones is 1. The van der Waals surface area contributed by atoms with Gasteiger partial charge in [-0.15, -0.1) is 0 Å². The number of hydrogen-bond acceptors (Lipinski definition) is 6. The predicted molar refractivity (Wildman–Crippen MR) is 118 cm³/mol. The first-order chi connectivity index (χ1) is 15.4. The topological polar surface area (TPSA) is 116 Å². The van der Waals surface area contributed by atoms with Crippen molar-refractivity contribution in [2.24, 2.45) is 0 Å². The number of carbonyl (C=O) groups excluding carboxylic acids is 2. The molecule has 0 bridgehead atoms. The van der Waals surface area contributed by atoms with Gasteiger partial charge in [0.25, 0.3) is 5.56 Å². The van der Waals surface area contributed by atoms with Gasteiger partial charge in [0, 0.05) is 29.8 Å². The van der Waals surface area contributed by atoms with Crippen molar-refractivity contribution < 1.29 is 9.59 Å². The molecular weight excluding hydrogens is 410 g/mol. The summed E-state index contributed by atoms with van der Waals surface area (Å²) in [5.74, 6) is -0.376. The molecule has 0 atom stereocenters. The highest BCUT2D eigenvalue weighted by Crippen LogP contribution is 2.15. The SMILES string of the molecule is CC(=O)c1cccc(NC(=O)Cn2cccc3c(=O)n(Cc4ccncc4)c(=O)nc2-3)c1. The molecule has 0 aliphatic carbocycles. The molecule has 9 nitrogen and oxygen atoms in total. The fraction of sp³-hybridized carbons (Fsp3) is 0.130. The minimum absolute atomic E-state index is 0.0744. The van der Waals surface area contributed by atoms with Crippen LogP contribution in [0.1, 0.15) is 22.8 Å². The Morgan fingerprint density at radius 2 is 1.81 bits per heavy atom.